The SMILES string of the molecule is CCCC(C)CC1(C(=O)O)CCC(C(C)(C)C)CC1. The molecule has 19 heavy (non-hydrogen) atoms. The van der Waals surface area contributed by atoms with Crippen LogP contribution in [-0.4, -0.2) is 11.1 Å². The molecule has 1 aliphatic rings. The summed E-state index contributed by atoms with van der Waals surface area (Å²) in [4.78, 5) is 11.8. The van der Waals surface area contributed by atoms with E-state index in [2.05, 4.69) is 34.6 Å². The van der Waals surface area contributed by atoms with Crippen molar-refractivity contribution in [2.45, 2.75) is 79.6 Å². The number of rotatable bonds is 5. The van der Waals surface area contributed by atoms with Gasteiger partial charge < -0.3 is 5.11 Å². The standard InChI is InChI=1S/C17H32O2/c1-6-7-13(2)12-17(15(18)19)10-8-14(9-11-17)16(3,4)5/h13-14H,6-12H2,1-5H3,(H,18,19). The first kappa shape index (κ1) is 16.5. The molecular weight excluding hydrogens is 236 g/mol. The third kappa shape index (κ3) is 4.22. The molecule has 0 aromatic carbocycles. The maximum absolute atomic E-state index is 11.8. The Morgan fingerprint density at radius 1 is 1.32 bits per heavy atom. The summed E-state index contributed by atoms with van der Waals surface area (Å²) in [5, 5.41) is 9.69. The second kappa shape index (κ2) is 6.28. The molecule has 1 atom stereocenters. The maximum Gasteiger partial charge on any atom is 0.309 e. The quantitative estimate of drug-likeness (QED) is 0.751. The minimum atomic E-state index is -0.553. The predicted octanol–water partition coefficient (Wildman–Crippen LogP) is 5.12. The van der Waals surface area contributed by atoms with Crippen molar-refractivity contribution in [3.05, 3.63) is 0 Å². The van der Waals surface area contributed by atoms with E-state index >= 15 is 0 Å². The van der Waals surface area contributed by atoms with Gasteiger partial charge in [-0.05, 0) is 49.4 Å². The minimum absolute atomic E-state index is 0.319. The van der Waals surface area contributed by atoms with Gasteiger partial charge in [0, 0.05) is 0 Å². The first-order chi connectivity index (χ1) is 8.71. The van der Waals surface area contributed by atoms with Crippen molar-refractivity contribution >= 4 is 5.97 Å². The zero-order chi connectivity index (χ0) is 14.7. The van der Waals surface area contributed by atoms with Crippen LogP contribution in [0.2, 0.25) is 0 Å². The van der Waals surface area contributed by atoms with Crippen LogP contribution in [0.15, 0.2) is 0 Å². The Labute approximate surface area is 119 Å². The van der Waals surface area contributed by atoms with Crippen molar-refractivity contribution in [1.29, 1.82) is 0 Å². The smallest absolute Gasteiger partial charge is 0.309 e. The van der Waals surface area contributed by atoms with E-state index in [9.17, 15) is 9.90 Å². The molecule has 0 spiro atoms. The molecule has 1 N–H and O–H groups in total. The van der Waals surface area contributed by atoms with E-state index in [1.807, 2.05) is 0 Å². The summed E-state index contributed by atoms with van der Waals surface area (Å²) in [5.41, 5.74) is -0.115. The molecule has 0 heterocycles. The highest BCUT2D eigenvalue weighted by Gasteiger charge is 2.44. The fourth-order valence-corrected chi connectivity index (χ4v) is 3.80. The zero-order valence-electron chi connectivity index (χ0n) is 13.5. The molecule has 1 saturated carbocycles. The van der Waals surface area contributed by atoms with Crippen LogP contribution in [0, 0.1) is 22.7 Å². The van der Waals surface area contributed by atoms with Gasteiger partial charge in [0.05, 0.1) is 5.41 Å². The zero-order valence-corrected chi connectivity index (χ0v) is 13.5. The number of carboxylic acids is 1. The van der Waals surface area contributed by atoms with Crippen LogP contribution >= 0.6 is 0 Å². The van der Waals surface area contributed by atoms with Crippen molar-refractivity contribution in [3.63, 3.8) is 0 Å². The van der Waals surface area contributed by atoms with E-state index < -0.39 is 11.4 Å². The lowest BCUT2D eigenvalue weighted by Gasteiger charge is -2.42. The largest absolute Gasteiger partial charge is 0.481 e. The number of hydrogen-bond donors (Lipinski definition) is 1. The van der Waals surface area contributed by atoms with Gasteiger partial charge in [0.1, 0.15) is 0 Å². The lowest BCUT2D eigenvalue weighted by Crippen LogP contribution is -2.39. The molecule has 2 heteroatoms. The molecule has 1 rings (SSSR count). The summed E-state index contributed by atoms with van der Waals surface area (Å²) in [6, 6.07) is 0. The topological polar surface area (TPSA) is 37.3 Å². The molecule has 1 fully saturated rings. The Bertz CT molecular complexity index is 293. The second-order valence-corrected chi connectivity index (χ2v) is 7.82. The van der Waals surface area contributed by atoms with Gasteiger partial charge in [-0.15, -0.1) is 0 Å². The molecule has 0 aromatic heterocycles. The number of carbonyl (C=O) groups is 1. The van der Waals surface area contributed by atoms with Crippen LogP contribution in [0.4, 0.5) is 0 Å². The van der Waals surface area contributed by atoms with Gasteiger partial charge in [0.15, 0.2) is 0 Å². The van der Waals surface area contributed by atoms with E-state index in [4.69, 9.17) is 0 Å². The van der Waals surface area contributed by atoms with Gasteiger partial charge in [0.2, 0.25) is 0 Å². The molecule has 1 aliphatic carbocycles. The average molecular weight is 268 g/mol. The third-order valence-corrected chi connectivity index (χ3v) is 5.14. The average Bonchev–Trinajstić information content (AvgIpc) is 2.28. The van der Waals surface area contributed by atoms with Gasteiger partial charge >= 0.3 is 5.97 Å². The molecule has 2 nitrogen and oxygen atoms in total. The first-order valence-corrected chi connectivity index (χ1v) is 7.94. The van der Waals surface area contributed by atoms with E-state index in [1.165, 1.54) is 0 Å². The monoisotopic (exact) mass is 268 g/mol. The van der Waals surface area contributed by atoms with E-state index in [-0.39, 0.29) is 0 Å². The van der Waals surface area contributed by atoms with Gasteiger partial charge in [0.25, 0.3) is 0 Å². The Morgan fingerprint density at radius 3 is 2.21 bits per heavy atom. The van der Waals surface area contributed by atoms with E-state index in [0.29, 0.717) is 17.3 Å². The molecule has 0 bridgehead atoms. The summed E-state index contributed by atoms with van der Waals surface area (Å²) < 4.78 is 0. The summed E-state index contributed by atoms with van der Waals surface area (Å²) in [5.74, 6) is 0.663. The molecule has 112 valence electrons. The summed E-state index contributed by atoms with van der Waals surface area (Å²) in [7, 11) is 0. The van der Waals surface area contributed by atoms with Crippen molar-refractivity contribution in [1.82, 2.24) is 0 Å². The first-order valence-electron chi connectivity index (χ1n) is 7.94. The summed E-state index contributed by atoms with van der Waals surface area (Å²) >= 11 is 0. The predicted molar refractivity (Wildman–Crippen MR) is 80.2 cm³/mol. The third-order valence-electron chi connectivity index (χ3n) is 5.14. The van der Waals surface area contributed by atoms with Crippen LogP contribution in [0.25, 0.3) is 0 Å². The van der Waals surface area contributed by atoms with Gasteiger partial charge in [-0.2, -0.15) is 0 Å². The number of carboxylic acid groups (broad SMARTS) is 1. The van der Waals surface area contributed by atoms with Crippen LogP contribution < -0.4 is 0 Å². The normalized spacial score (nSPS) is 30.1. The second-order valence-electron chi connectivity index (χ2n) is 7.82. The number of hydrogen-bond acceptors (Lipinski definition) is 1. The maximum atomic E-state index is 11.8. The van der Waals surface area contributed by atoms with Crippen LogP contribution in [0.3, 0.4) is 0 Å². The van der Waals surface area contributed by atoms with Gasteiger partial charge in [-0.3, -0.25) is 4.79 Å². The Kier molecular flexibility index (Phi) is 5.46. The molecule has 0 radical (unpaired) electrons. The molecule has 0 saturated heterocycles. The Hall–Kier alpha value is -0.530. The van der Waals surface area contributed by atoms with Crippen LogP contribution in [-0.2, 0) is 4.79 Å². The van der Waals surface area contributed by atoms with Gasteiger partial charge in [-0.25, -0.2) is 0 Å². The highest BCUT2D eigenvalue weighted by atomic mass is 16.4. The lowest BCUT2D eigenvalue weighted by molar-refractivity contribution is -0.153. The van der Waals surface area contributed by atoms with Crippen molar-refractivity contribution in [2.75, 3.05) is 0 Å². The fourth-order valence-electron chi connectivity index (χ4n) is 3.80. The lowest BCUT2D eigenvalue weighted by atomic mass is 9.61. The van der Waals surface area contributed by atoms with Crippen molar-refractivity contribution in [3.8, 4) is 0 Å². The summed E-state index contributed by atoms with van der Waals surface area (Å²) in [6.45, 7) is 11.2. The molecule has 0 amide bonds. The molecule has 0 aliphatic heterocycles. The Balaban J connectivity index is 2.69. The highest BCUT2D eigenvalue weighted by molar-refractivity contribution is 5.74. The van der Waals surface area contributed by atoms with Crippen molar-refractivity contribution < 1.29 is 9.90 Å². The van der Waals surface area contributed by atoms with Gasteiger partial charge in [-0.1, -0.05) is 47.5 Å². The fraction of sp³-hybridized carbons (Fsp3) is 0.941. The number of aliphatic carboxylic acids is 1. The highest BCUT2D eigenvalue weighted by Crippen LogP contribution is 2.48. The molecule has 1 unspecified atom stereocenters. The van der Waals surface area contributed by atoms with E-state index in [0.717, 1.165) is 44.9 Å². The molecular formula is C17H32O2. The van der Waals surface area contributed by atoms with Crippen LogP contribution in [0.5, 0.6) is 0 Å². The van der Waals surface area contributed by atoms with E-state index in [1.54, 1.807) is 0 Å². The van der Waals surface area contributed by atoms with Crippen LogP contribution in [0.1, 0.15) is 79.6 Å². The summed E-state index contributed by atoms with van der Waals surface area (Å²) in [6.07, 6.45) is 7.08. The molecule has 0 aromatic rings. The van der Waals surface area contributed by atoms with Crippen molar-refractivity contribution in [2.24, 2.45) is 22.7 Å². The Morgan fingerprint density at radius 2 is 1.84 bits per heavy atom. The minimum Gasteiger partial charge on any atom is -0.481 e.